The van der Waals surface area contributed by atoms with E-state index in [2.05, 4.69) is 19.6 Å². The first-order chi connectivity index (χ1) is 11.4. The van der Waals surface area contributed by atoms with Crippen molar-refractivity contribution in [3.8, 4) is 0 Å². The van der Waals surface area contributed by atoms with Crippen LogP contribution in [0.2, 0.25) is 0 Å². The van der Waals surface area contributed by atoms with Crippen LogP contribution in [0, 0.1) is 0 Å². The summed E-state index contributed by atoms with van der Waals surface area (Å²) in [5.74, 6) is -3.64. The molecule has 10 heteroatoms. The predicted molar refractivity (Wildman–Crippen MR) is 76.2 cm³/mol. The molecule has 142 valence electrons. The van der Waals surface area contributed by atoms with Crippen molar-refractivity contribution in [2.75, 3.05) is 0 Å². The second-order valence-corrected chi connectivity index (χ2v) is 6.91. The Balaban J connectivity index is 2.20. The summed E-state index contributed by atoms with van der Waals surface area (Å²) in [6, 6.07) is 0. The summed E-state index contributed by atoms with van der Waals surface area (Å²) in [6.07, 6.45) is 3.80. The highest BCUT2D eigenvalue weighted by atomic mass is 17.3. The van der Waals surface area contributed by atoms with E-state index in [-0.39, 0.29) is 12.8 Å². The van der Waals surface area contributed by atoms with Gasteiger partial charge in [0.25, 0.3) is 11.6 Å². The summed E-state index contributed by atoms with van der Waals surface area (Å²) in [4.78, 5) is 28.6. The quantitative estimate of drug-likeness (QED) is 0.307. The van der Waals surface area contributed by atoms with Gasteiger partial charge in [0.2, 0.25) is 0 Å². The number of hydrogen-bond donors (Lipinski definition) is 4. The van der Waals surface area contributed by atoms with Crippen molar-refractivity contribution in [2.45, 2.75) is 88.0 Å². The molecule has 2 unspecified atom stereocenters. The van der Waals surface area contributed by atoms with Gasteiger partial charge in [-0.1, -0.05) is 12.8 Å². The Kier molecular flexibility index (Phi) is 6.19. The zero-order chi connectivity index (χ0) is 17.9. The molecule has 0 radical (unpaired) electrons. The van der Waals surface area contributed by atoms with E-state index < -0.39 is 22.8 Å². The lowest BCUT2D eigenvalue weighted by atomic mass is 9.80. The van der Waals surface area contributed by atoms with Crippen LogP contribution < -0.4 is 0 Å². The molecule has 0 amide bonds. The minimum Gasteiger partial charge on any atom is -0.249 e. The first-order valence-corrected chi connectivity index (χ1v) is 8.04. The molecule has 0 aromatic rings. The minimum absolute atomic E-state index is 0.175. The Labute approximate surface area is 139 Å². The maximum absolute atomic E-state index is 9.22. The molecule has 0 heterocycles. The summed E-state index contributed by atoms with van der Waals surface area (Å²) >= 11 is 0. The molecular formula is C14H26O10. The molecule has 0 aromatic heterocycles. The Bertz CT molecular complexity index is 372. The Morgan fingerprint density at radius 3 is 1.12 bits per heavy atom. The van der Waals surface area contributed by atoms with Crippen molar-refractivity contribution in [3.05, 3.63) is 0 Å². The van der Waals surface area contributed by atoms with Gasteiger partial charge >= 0.3 is 0 Å². The van der Waals surface area contributed by atoms with Crippen LogP contribution in [0.15, 0.2) is 0 Å². The Hall–Kier alpha value is -0.400. The molecule has 2 aliphatic rings. The summed E-state index contributed by atoms with van der Waals surface area (Å²) in [7, 11) is 0. The maximum Gasteiger partial charge on any atom is 0.264 e. The van der Waals surface area contributed by atoms with Crippen LogP contribution >= 0.6 is 0 Å². The van der Waals surface area contributed by atoms with Gasteiger partial charge in [0.15, 0.2) is 11.2 Å². The molecule has 0 spiro atoms. The van der Waals surface area contributed by atoms with E-state index in [9.17, 15) is 21.0 Å². The fourth-order valence-electron chi connectivity index (χ4n) is 3.55. The van der Waals surface area contributed by atoms with Crippen LogP contribution in [-0.4, -0.2) is 43.8 Å². The van der Waals surface area contributed by atoms with E-state index in [0.717, 1.165) is 12.8 Å². The molecule has 2 aliphatic carbocycles. The Morgan fingerprint density at radius 2 is 0.833 bits per heavy atom. The predicted octanol–water partition coefficient (Wildman–Crippen LogP) is 2.95. The average molecular weight is 354 g/mol. The zero-order valence-corrected chi connectivity index (χ0v) is 13.9. The zero-order valence-electron chi connectivity index (χ0n) is 13.9. The fraction of sp³-hybridized carbons (Fsp3) is 1.00. The molecule has 10 nitrogen and oxygen atoms in total. The van der Waals surface area contributed by atoms with E-state index in [1.807, 2.05) is 0 Å². The SMILES string of the molecule is CC1(OOC2(C)CCCCC2(OO)OO)CCCCC1(OO)OO. The summed E-state index contributed by atoms with van der Waals surface area (Å²) in [5, 5.41) is 36.9. The van der Waals surface area contributed by atoms with Crippen molar-refractivity contribution in [1.82, 2.24) is 0 Å². The lowest BCUT2D eigenvalue weighted by Gasteiger charge is -2.49. The van der Waals surface area contributed by atoms with Gasteiger partial charge in [-0.2, -0.15) is 19.6 Å². The van der Waals surface area contributed by atoms with Crippen LogP contribution in [0.3, 0.4) is 0 Å². The van der Waals surface area contributed by atoms with Gasteiger partial charge in [-0.25, -0.2) is 30.8 Å². The lowest BCUT2D eigenvalue weighted by Crippen LogP contribution is -2.63. The lowest BCUT2D eigenvalue weighted by molar-refractivity contribution is -0.590. The number of rotatable bonds is 7. The molecule has 4 N–H and O–H groups in total. The van der Waals surface area contributed by atoms with Crippen molar-refractivity contribution >= 4 is 0 Å². The van der Waals surface area contributed by atoms with E-state index >= 15 is 0 Å². The fourth-order valence-corrected chi connectivity index (χ4v) is 3.55. The second kappa shape index (κ2) is 7.46. The molecule has 0 aliphatic heterocycles. The van der Waals surface area contributed by atoms with E-state index in [0.29, 0.717) is 25.7 Å². The third kappa shape index (κ3) is 3.07. The Morgan fingerprint density at radius 1 is 0.542 bits per heavy atom. The topological polar surface area (TPSA) is 136 Å². The van der Waals surface area contributed by atoms with Crippen molar-refractivity contribution in [1.29, 1.82) is 0 Å². The third-order valence-electron chi connectivity index (χ3n) is 5.43. The average Bonchev–Trinajstić information content (AvgIpc) is 2.61. The van der Waals surface area contributed by atoms with Crippen LogP contribution in [0.4, 0.5) is 0 Å². The summed E-state index contributed by atoms with van der Waals surface area (Å²) in [6.45, 7) is 3.10. The molecule has 2 rings (SSSR count). The van der Waals surface area contributed by atoms with Gasteiger partial charge in [-0.05, 0) is 39.5 Å². The summed E-state index contributed by atoms with van der Waals surface area (Å²) < 4.78 is 0. The monoisotopic (exact) mass is 354 g/mol. The van der Waals surface area contributed by atoms with Crippen LogP contribution in [-0.2, 0) is 29.3 Å². The van der Waals surface area contributed by atoms with Gasteiger partial charge in [0, 0.05) is 12.8 Å². The highest BCUT2D eigenvalue weighted by molar-refractivity contribution is 4.97. The maximum atomic E-state index is 9.22. The van der Waals surface area contributed by atoms with Gasteiger partial charge in [-0.15, -0.1) is 0 Å². The minimum atomic E-state index is -1.82. The summed E-state index contributed by atoms with van der Waals surface area (Å²) in [5.41, 5.74) is -2.71. The molecule has 0 aromatic carbocycles. The second-order valence-electron chi connectivity index (χ2n) is 6.91. The van der Waals surface area contributed by atoms with Gasteiger partial charge in [-0.3, -0.25) is 0 Å². The molecule has 2 fully saturated rings. The van der Waals surface area contributed by atoms with Crippen molar-refractivity contribution in [3.63, 3.8) is 0 Å². The molecule has 24 heavy (non-hydrogen) atoms. The standard InChI is InChI=1S/C14H26O10/c1-11(7-3-5-9-13(11,19-15)20-16)23-24-12(2)8-4-6-10-14(12,21-17)22-18/h15-18H,3-10H2,1-2H3. The van der Waals surface area contributed by atoms with E-state index in [1.165, 1.54) is 0 Å². The third-order valence-corrected chi connectivity index (χ3v) is 5.43. The highest BCUT2D eigenvalue weighted by Crippen LogP contribution is 2.47. The van der Waals surface area contributed by atoms with Gasteiger partial charge in [0.1, 0.15) is 0 Å². The first-order valence-electron chi connectivity index (χ1n) is 8.04. The van der Waals surface area contributed by atoms with E-state index in [1.54, 1.807) is 13.8 Å². The largest absolute Gasteiger partial charge is 0.264 e. The van der Waals surface area contributed by atoms with E-state index in [4.69, 9.17) is 9.78 Å². The van der Waals surface area contributed by atoms with Crippen LogP contribution in [0.1, 0.15) is 65.2 Å². The normalized spacial score (nSPS) is 35.8. The van der Waals surface area contributed by atoms with Crippen LogP contribution in [0.25, 0.3) is 0 Å². The first kappa shape index (κ1) is 19.9. The van der Waals surface area contributed by atoms with Crippen LogP contribution in [0.5, 0.6) is 0 Å². The molecule has 0 saturated heterocycles. The highest BCUT2D eigenvalue weighted by Gasteiger charge is 2.61. The van der Waals surface area contributed by atoms with Gasteiger partial charge in [0.05, 0.1) is 0 Å². The molecule has 2 atom stereocenters. The molecule has 2 saturated carbocycles. The van der Waals surface area contributed by atoms with Crippen molar-refractivity contribution < 1.29 is 50.4 Å². The molecular weight excluding hydrogens is 328 g/mol. The number of hydrogen-bond acceptors (Lipinski definition) is 10. The smallest absolute Gasteiger partial charge is 0.249 e. The van der Waals surface area contributed by atoms with Gasteiger partial charge < -0.3 is 0 Å². The van der Waals surface area contributed by atoms with Crippen molar-refractivity contribution in [2.24, 2.45) is 0 Å². The molecule has 0 bridgehead atoms.